The van der Waals surface area contributed by atoms with Gasteiger partial charge < -0.3 is 19.7 Å². The van der Waals surface area contributed by atoms with E-state index in [-0.39, 0.29) is 41.5 Å². The van der Waals surface area contributed by atoms with Crippen LogP contribution in [0.5, 0.6) is 5.75 Å². The van der Waals surface area contributed by atoms with Crippen molar-refractivity contribution < 1.29 is 36.2 Å². The van der Waals surface area contributed by atoms with E-state index in [0.717, 1.165) is 23.8 Å². The van der Waals surface area contributed by atoms with Crippen LogP contribution in [0, 0.1) is 0 Å². The average Bonchev–Trinajstić information content (AvgIpc) is 3.22. The zero-order chi connectivity index (χ0) is 27.5. The molecular weight excluding hydrogens is 512 g/mol. The van der Waals surface area contributed by atoms with Gasteiger partial charge in [0.1, 0.15) is 12.4 Å². The zero-order valence-electron chi connectivity index (χ0n) is 20.7. The molecule has 0 amide bonds. The minimum Gasteiger partial charge on any atom is -0.492 e. The molecule has 3 aromatic rings. The number of hydrogen-bond acceptors (Lipinski definition) is 4. The number of hydrogen-bond donors (Lipinski definition) is 2. The molecule has 0 spiro atoms. The number of alkyl halides is 6. The second-order valence-corrected chi connectivity index (χ2v) is 10.5. The number of aliphatic hydroxyl groups is 1. The minimum atomic E-state index is -4.64. The van der Waals surface area contributed by atoms with Gasteiger partial charge in [0, 0.05) is 24.2 Å². The smallest absolute Gasteiger partial charge is 0.418 e. The van der Waals surface area contributed by atoms with Gasteiger partial charge in [0.15, 0.2) is 0 Å². The SMILES string of the molecule is C[C@H]1C=C(c2ccc(C(F)(F)F)cc2)C[C@@H](COc2cc(C(F)(F)F)c3c(c2)ncn3C2CC(C)(O)C2)N1. The number of aromatic nitrogens is 2. The van der Waals surface area contributed by atoms with E-state index in [0.29, 0.717) is 24.8 Å². The topological polar surface area (TPSA) is 59.3 Å². The molecule has 5 nitrogen and oxygen atoms in total. The largest absolute Gasteiger partial charge is 0.492 e. The van der Waals surface area contributed by atoms with Crippen molar-refractivity contribution in [2.75, 3.05) is 6.61 Å². The number of ether oxygens (including phenoxy) is 1. The van der Waals surface area contributed by atoms with Gasteiger partial charge in [-0.25, -0.2) is 4.98 Å². The number of nitrogens with one attached hydrogen (secondary N) is 1. The highest BCUT2D eigenvalue weighted by Crippen LogP contribution is 2.45. The Morgan fingerprint density at radius 2 is 1.76 bits per heavy atom. The quantitative estimate of drug-likeness (QED) is 0.370. The summed E-state index contributed by atoms with van der Waals surface area (Å²) in [5.74, 6) is 0.0239. The van der Waals surface area contributed by atoms with Gasteiger partial charge in [-0.3, -0.25) is 0 Å². The van der Waals surface area contributed by atoms with Crippen LogP contribution in [0.2, 0.25) is 0 Å². The average molecular weight is 540 g/mol. The third-order valence-corrected chi connectivity index (χ3v) is 7.14. The van der Waals surface area contributed by atoms with E-state index in [9.17, 15) is 31.4 Å². The molecule has 11 heteroatoms. The van der Waals surface area contributed by atoms with Crippen LogP contribution in [-0.4, -0.2) is 38.9 Å². The van der Waals surface area contributed by atoms with Crippen molar-refractivity contribution in [2.24, 2.45) is 0 Å². The Morgan fingerprint density at radius 1 is 1.08 bits per heavy atom. The first-order valence-corrected chi connectivity index (χ1v) is 12.3. The molecule has 1 aliphatic heterocycles. The van der Waals surface area contributed by atoms with Crippen molar-refractivity contribution in [2.45, 2.75) is 69.2 Å². The van der Waals surface area contributed by atoms with Crippen molar-refractivity contribution in [3.63, 3.8) is 0 Å². The summed E-state index contributed by atoms with van der Waals surface area (Å²) < 4.78 is 88.1. The minimum absolute atomic E-state index is 0.0239. The molecule has 1 aromatic heterocycles. The molecule has 2 N–H and O–H groups in total. The Kier molecular flexibility index (Phi) is 6.50. The van der Waals surface area contributed by atoms with Crippen LogP contribution in [0.25, 0.3) is 16.6 Å². The third-order valence-electron chi connectivity index (χ3n) is 7.14. The van der Waals surface area contributed by atoms with Crippen molar-refractivity contribution in [3.05, 3.63) is 65.5 Å². The van der Waals surface area contributed by atoms with Crippen molar-refractivity contribution in [1.82, 2.24) is 14.9 Å². The van der Waals surface area contributed by atoms with Gasteiger partial charge in [-0.2, -0.15) is 26.3 Å². The summed E-state index contributed by atoms with van der Waals surface area (Å²) >= 11 is 0. The molecule has 204 valence electrons. The van der Waals surface area contributed by atoms with E-state index in [1.807, 2.05) is 13.0 Å². The maximum absolute atomic E-state index is 14.0. The molecule has 0 unspecified atom stereocenters. The maximum Gasteiger partial charge on any atom is 0.418 e. The molecule has 2 aromatic carbocycles. The number of imidazole rings is 1. The van der Waals surface area contributed by atoms with Gasteiger partial charge in [0.25, 0.3) is 0 Å². The van der Waals surface area contributed by atoms with E-state index < -0.39 is 29.1 Å². The standard InChI is InChI=1S/C27H27F6N3O2/c1-15-7-17(16-3-5-18(6-4-16)26(28,29)30)8-19(35-15)13-38-21-9-22(27(31,32)33)24-23(10-21)34-14-36(24)20-11-25(2,37)12-20/h3-7,9-10,14-15,19-20,35,37H,8,11-13H2,1-2H3/t15-,19-,20?,25?/m0/s1. The van der Waals surface area contributed by atoms with Crippen LogP contribution < -0.4 is 10.1 Å². The lowest BCUT2D eigenvalue weighted by Crippen LogP contribution is -2.42. The molecule has 1 aliphatic carbocycles. The Labute approximate surface area is 215 Å². The lowest BCUT2D eigenvalue weighted by Gasteiger charge is -2.41. The molecule has 0 saturated heterocycles. The van der Waals surface area contributed by atoms with Crippen LogP contribution >= 0.6 is 0 Å². The highest BCUT2D eigenvalue weighted by molar-refractivity contribution is 5.82. The van der Waals surface area contributed by atoms with Gasteiger partial charge in [-0.15, -0.1) is 0 Å². The molecule has 2 atom stereocenters. The summed E-state index contributed by atoms with van der Waals surface area (Å²) in [7, 11) is 0. The van der Waals surface area contributed by atoms with Gasteiger partial charge in [0.05, 0.1) is 34.1 Å². The number of nitrogens with zero attached hydrogens (tertiary/aromatic N) is 2. The molecule has 1 saturated carbocycles. The number of fused-ring (bicyclic) bond motifs is 1. The Morgan fingerprint density at radius 3 is 2.37 bits per heavy atom. The van der Waals surface area contributed by atoms with Crippen LogP contribution in [0.3, 0.4) is 0 Å². The van der Waals surface area contributed by atoms with Gasteiger partial charge in [-0.05, 0) is 62.4 Å². The fourth-order valence-electron chi connectivity index (χ4n) is 5.38. The molecule has 2 heterocycles. The number of halogens is 6. The van der Waals surface area contributed by atoms with Crippen LogP contribution in [0.4, 0.5) is 26.3 Å². The first-order valence-electron chi connectivity index (χ1n) is 12.3. The van der Waals surface area contributed by atoms with Crippen molar-refractivity contribution in [1.29, 1.82) is 0 Å². The van der Waals surface area contributed by atoms with E-state index in [1.54, 1.807) is 6.92 Å². The highest BCUT2D eigenvalue weighted by atomic mass is 19.4. The summed E-state index contributed by atoms with van der Waals surface area (Å²) in [5.41, 5.74) is -0.897. The fraction of sp³-hybridized carbons (Fsp3) is 0.444. The summed E-state index contributed by atoms with van der Waals surface area (Å²) in [5, 5.41) is 13.3. The lowest BCUT2D eigenvalue weighted by molar-refractivity contribution is -0.138. The van der Waals surface area contributed by atoms with E-state index >= 15 is 0 Å². The second-order valence-electron chi connectivity index (χ2n) is 10.5. The maximum atomic E-state index is 14.0. The third kappa shape index (κ3) is 5.40. The Bertz CT molecular complexity index is 1350. The molecule has 0 bridgehead atoms. The summed E-state index contributed by atoms with van der Waals surface area (Å²) in [4.78, 5) is 4.18. The second kappa shape index (κ2) is 9.30. The molecule has 0 radical (unpaired) electrons. The molecule has 1 fully saturated rings. The van der Waals surface area contributed by atoms with Crippen molar-refractivity contribution in [3.8, 4) is 5.75 Å². The number of benzene rings is 2. The molecule has 38 heavy (non-hydrogen) atoms. The normalized spacial score (nSPS) is 26.2. The first kappa shape index (κ1) is 26.6. The van der Waals surface area contributed by atoms with E-state index in [2.05, 4.69) is 10.3 Å². The van der Waals surface area contributed by atoms with E-state index in [1.165, 1.54) is 29.1 Å². The fourth-order valence-corrected chi connectivity index (χ4v) is 5.38. The Hall–Kier alpha value is -3.05. The van der Waals surface area contributed by atoms with Crippen LogP contribution in [-0.2, 0) is 12.4 Å². The van der Waals surface area contributed by atoms with Gasteiger partial charge >= 0.3 is 12.4 Å². The predicted molar refractivity (Wildman–Crippen MR) is 130 cm³/mol. The summed E-state index contributed by atoms with van der Waals surface area (Å²) in [6.45, 7) is 3.59. The van der Waals surface area contributed by atoms with Gasteiger partial charge in [0.2, 0.25) is 0 Å². The van der Waals surface area contributed by atoms with Crippen LogP contribution in [0.1, 0.15) is 55.8 Å². The Balaban J connectivity index is 1.33. The lowest BCUT2D eigenvalue weighted by atomic mass is 9.77. The molecular formula is C27H27F6N3O2. The molecule has 2 aliphatic rings. The van der Waals surface area contributed by atoms with Crippen molar-refractivity contribution >= 4 is 16.6 Å². The van der Waals surface area contributed by atoms with Crippen LogP contribution in [0.15, 0.2) is 48.8 Å². The summed E-state index contributed by atoms with van der Waals surface area (Å²) in [6.07, 6.45) is -4.67. The summed E-state index contributed by atoms with van der Waals surface area (Å²) in [6, 6.07) is 6.69. The van der Waals surface area contributed by atoms with Gasteiger partial charge in [-0.1, -0.05) is 18.2 Å². The molecule has 5 rings (SSSR count). The highest BCUT2D eigenvalue weighted by Gasteiger charge is 2.42. The monoisotopic (exact) mass is 539 g/mol. The zero-order valence-corrected chi connectivity index (χ0v) is 20.7. The number of rotatable bonds is 5. The first-order chi connectivity index (χ1) is 17.7. The predicted octanol–water partition coefficient (Wildman–Crippen LogP) is 6.37. The van der Waals surface area contributed by atoms with E-state index in [4.69, 9.17) is 4.74 Å².